The lowest BCUT2D eigenvalue weighted by Gasteiger charge is -2.16. The molecular weight excluding hydrogens is 424 g/mol. The van der Waals surface area contributed by atoms with Gasteiger partial charge in [-0.05, 0) is 31.2 Å². The molecule has 0 aliphatic heterocycles. The minimum Gasteiger partial charge on any atom is -0.351 e. The average Bonchev–Trinajstić information content (AvgIpc) is 2.59. The maximum Gasteiger partial charge on any atom is 0.416 e. The third-order valence-electron chi connectivity index (χ3n) is 3.68. The quantitative estimate of drug-likeness (QED) is 0.678. The van der Waals surface area contributed by atoms with E-state index in [0.717, 1.165) is 6.07 Å². The van der Waals surface area contributed by atoms with Crippen molar-refractivity contribution >= 4 is 27.5 Å². The number of alkyl halides is 3. The molecule has 0 aliphatic carbocycles. The van der Waals surface area contributed by atoms with Gasteiger partial charge in [0.2, 0.25) is 15.9 Å². The Morgan fingerprint density at radius 1 is 1.18 bits per heavy atom. The highest BCUT2D eigenvalue weighted by Crippen LogP contribution is 2.33. The van der Waals surface area contributed by atoms with Crippen LogP contribution in [-0.2, 0) is 27.5 Å². The molecule has 0 fully saturated rings. The van der Waals surface area contributed by atoms with E-state index in [9.17, 15) is 30.8 Å². The zero-order valence-electron chi connectivity index (χ0n) is 14.3. The molecule has 5 nitrogen and oxygen atoms in total. The second-order valence-corrected chi connectivity index (χ2v) is 7.88. The molecule has 0 aromatic heterocycles. The number of sulfonamides is 1. The molecule has 0 aliphatic rings. The summed E-state index contributed by atoms with van der Waals surface area (Å²) in [6.07, 6.45) is -4.77. The molecule has 2 rings (SSSR count). The fourth-order valence-corrected chi connectivity index (χ4v) is 3.94. The second kappa shape index (κ2) is 8.46. The van der Waals surface area contributed by atoms with Crippen LogP contribution in [0.5, 0.6) is 0 Å². The second-order valence-electron chi connectivity index (χ2n) is 5.80. The molecule has 11 heteroatoms. The minimum atomic E-state index is -4.77. The van der Waals surface area contributed by atoms with Crippen molar-refractivity contribution in [1.82, 2.24) is 10.0 Å². The van der Waals surface area contributed by atoms with E-state index in [-0.39, 0.29) is 12.1 Å². The molecule has 0 saturated heterocycles. The number of halogens is 5. The van der Waals surface area contributed by atoms with E-state index >= 15 is 0 Å². The molecule has 0 saturated carbocycles. The molecular formula is C17H15ClF4N2O3S. The van der Waals surface area contributed by atoms with Gasteiger partial charge in [0.05, 0.1) is 16.6 Å². The van der Waals surface area contributed by atoms with Crippen LogP contribution in [0.4, 0.5) is 17.6 Å². The smallest absolute Gasteiger partial charge is 0.351 e. The molecule has 0 unspecified atom stereocenters. The van der Waals surface area contributed by atoms with Gasteiger partial charge in [0.1, 0.15) is 10.7 Å². The van der Waals surface area contributed by atoms with Crippen LogP contribution in [0.2, 0.25) is 5.02 Å². The van der Waals surface area contributed by atoms with E-state index in [1.54, 1.807) is 6.07 Å². The summed E-state index contributed by atoms with van der Waals surface area (Å²) in [5, 5.41) is 1.91. The first kappa shape index (κ1) is 22.1. The van der Waals surface area contributed by atoms with Gasteiger partial charge < -0.3 is 5.32 Å². The Morgan fingerprint density at radius 2 is 1.82 bits per heavy atom. The van der Waals surface area contributed by atoms with Gasteiger partial charge in [-0.2, -0.15) is 17.9 Å². The first-order chi connectivity index (χ1) is 12.9. The Bertz CT molecular complexity index is 981. The first-order valence-corrected chi connectivity index (χ1v) is 9.68. The van der Waals surface area contributed by atoms with Crippen molar-refractivity contribution in [3.8, 4) is 0 Å². The van der Waals surface area contributed by atoms with Gasteiger partial charge in [-0.15, -0.1) is 0 Å². The molecule has 1 atom stereocenters. The average molecular weight is 439 g/mol. The van der Waals surface area contributed by atoms with E-state index in [0.29, 0.717) is 12.1 Å². The number of benzene rings is 2. The summed E-state index contributed by atoms with van der Waals surface area (Å²) in [4.78, 5) is 11.3. The van der Waals surface area contributed by atoms with Crippen LogP contribution < -0.4 is 10.0 Å². The van der Waals surface area contributed by atoms with Crippen molar-refractivity contribution in [1.29, 1.82) is 0 Å². The van der Waals surface area contributed by atoms with Crippen molar-refractivity contribution in [2.24, 2.45) is 0 Å². The summed E-state index contributed by atoms with van der Waals surface area (Å²) >= 11 is 5.72. The lowest BCUT2D eigenvalue weighted by molar-refractivity contribution is -0.137. The number of amides is 1. The van der Waals surface area contributed by atoms with Crippen molar-refractivity contribution in [2.45, 2.75) is 30.6 Å². The van der Waals surface area contributed by atoms with Crippen LogP contribution in [0.15, 0.2) is 47.4 Å². The molecule has 2 aromatic carbocycles. The fraction of sp³-hybridized carbons (Fsp3) is 0.235. The molecule has 152 valence electrons. The van der Waals surface area contributed by atoms with Gasteiger partial charge in [0, 0.05) is 12.1 Å². The summed E-state index contributed by atoms with van der Waals surface area (Å²) in [7, 11) is -4.53. The molecule has 28 heavy (non-hydrogen) atoms. The third kappa shape index (κ3) is 5.43. The Morgan fingerprint density at radius 3 is 2.43 bits per heavy atom. The van der Waals surface area contributed by atoms with Gasteiger partial charge in [-0.3, -0.25) is 4.79 Å². The predicted molar refractivity (Wildman–Crippen MR) is 94.5 cm³/mol. The number of nitrogens with one attached hydrogen (secondary N) is 2. The third-order valence-corrected chi connectivity index (χ3v) is 5.71. The molecule has 1 amide bonds. The maximum atomic E-state index is 13.5. The number of hydrogen-bond acceptors (Lipinski definition) is 3. The van der Waals surface area contributed by atoms with Crippen LogP contribution in [0.1, 0.15) is 18.1 Å². The van der Waals surface area contributed by atoms with Gasteiger partial charge >= 0.3 is 6.18 Å². The van der Waals surface area contributed by atoms with Crippen molar-refractivity contribution in [3.63, 3.8) is 0 Å². The zero-order chi connectivity index (χ0) is 21.1. The highest BCUT2D eigenvalue weighted by atomic mass is 35.5. The van der Waals surface area contributed by atoms with Crippen LogP contribution in [0.3, 0.4) is 0 Å². The molecule has 2 N–H and O–H groups in total. The van der Waals surface area contributed by atoms with E-state index < -0.39 is 49.4 Å². The largest absolute Gasteiger partial charge is 0.416 e. The van der Waals surface area contributed by atoms with E-state index in [2.05, 4.69) is 5.32 Å². The zero-order valence-corrected chi connectivity index (χ0v) is 15.9. The Balaban J connectivity index is 2.13. The van der Waals surface area contributed by atoms with Crippen LogP contribution in [0.25, 0.3) is 0 Å². The van der Waals surface area contributed by atoms with Gasteiger partial charge in [0.25, 0.3) is 0 Å². The molecule has 0 radical (unpaired) electrons. The van der Waals surface area contributed by atoms with Gasteiger partial charge in [-0.25, -0.2) is 12.8 Å². The van der Waals surface area contributed by atoms with Crippen LogP contribution in [0, 0.1) is 5.82 Å². The summed E-state index contributed by atoms with van der Waals surface area (Å²) in [5.74, 6) is -1.35. The van der Waals surface area contributed by atoms with Crippen molar-refractivity contribution in [2.75, 3.05) is 0 Å². The van der Waals surface area contributed by atoms with Crippen LogP contribution >= 0.6 is 11.6 Å². The lowest BCUT2D eigenvalue weighted by atomic mass is 10.2. The maximum absolute atomic E-state index is 13.5. The highest BCUT2D eigenvalue weighted by molar-refractivity contribution is 7.89. The SMILES string of the molecule is C[C@H](NS(=O)(=O)c1cc(C(F)(F)F)ccc1Cl)C(=O)NCc1ccccc1F. The highest BCUT2D eigenvalue weighted by Gasteiger charge is 2.33. The lowest BCUT2D eigenvalue weighted by Crippen LogP contribution is -2.44. The van der Waals surface area contributed by atoms with Crippen molar-refractivity contribution < 1.29 is 30.8 Å². The topological polar surface area (TPSA) is 75.3 Å². The van der Waals surface area contributed by atoms with Crippen molar-refractivity contribution in [3.05, 3.63) is 64.4 Å². The fourth-order valence-electron chi connectivity index (χ4n) is 2.21. The Kier molecular flexibility index (Phi) is 6.68. The van der Waals surface area contributed by atoms with Gasteiger partial charge in [-0.1, -0.05) is 29.8 Å². The summed E-state index contributed by atoms with van der Waals surface area (Å²) in [6.45, 7) is 0.998. The Labute approximate surface area is 163 Å². The predicted octanol–water partition coefficient (Wildman–Crippen LogP) is 3.48. The number of rotatable bonds is 6. The Hall–Kier alpha value is -2.17. The monoisotopic (exact) mass is 438 g/mol. The van der Waals surface area contributed by atoms with E-state index in [1.165, 1.54) is 25.1 Å². The summed E-state index contributed by atoms with van der Waals surface area (Å²) in [5.41, 5.74) is -1.01. The minimum absolute atomic E-state index is 0.187. The van der Waals surface area contributed by atoms with E-state index in [4.69, 9.17) is 11.6 Å². The first-order valence-electron chi connectivity index (χ1n) is 7.82. The summed E-state index contributed by atoms with van der Waals surface area (Å²) < 4.78 is 78.7. The molecule has 0 spiro atoms. The standard InChI is InChI=1S/C17H15ClF4N2O3S/c1-10(16(25)23-9-11-4-2-3-5-14(11)19)24-28(26,27)15-8-12(17(20,21)22)6-7-13(15)18/h2-8,10,24H,9H2,1H3,(H,23,25)/t10-/m0/s1. The summed E-state index contributed by atoms with van der Waals surface area (Å²) in [6, 6.07) is 6.16. The van der Waals surface area contributed by atoms with Gasteiger partial charge in [0.15, 0.2) is 0 Å². The van der Waals surface area contributed by atoms with Crippen LogP contribution in [-0.4, -0.2) is 20.4 Å². The normalized spacial score (nSPS) is 13.2. The number of carbonyl (C=O) groups excluding carboxylic acids is 1. The molecule has 0 heterocycles. The number of hydrogen-bond donors (Lipinski definition) is 2. The molecule has 0 bridgehead atoms. The number of carbonyl (C=O) groups is 1. The molecule has 2 aromatic rings. The van der Waals surface area contributed by atoms with E-state index in [1.807, 2.05) is 4.72 Å².